The van der Waals surface area contributed by atoms with E-state index in [1.165, 1.54) is 67.5 Å². The molecule has 0 atom stereocenters. The van der Waals surface area contributed by atoms with E-state index in [-0.39, 0.29) is 16.2 Å². The van der Waals surface area contributed by atoms with Gasteiger partial charge in [-0.2, -0.15) is 0 Å². The van der Waals surface area contributed by atoms with Gasteiger partial charge in [-0.3, -0.25) is 0 Å². The van der Waals surface area contributed by atoms with E-state index in [2.05, 4.69) is 319 Å². The maximum absolute atomic E-state index is 5.35. The lowest BCUT2D eigenvalue weighted by Gasteiger charge is -2.43. The molecule has 12 aromatic carbocycles. The van der Waals surface area contributed by atoms with E-state index in [0.29, 0.717) is 5.82 Å². The molecule has 17 rings (SSSR count). The molecule has 0 saturated carbocycles. The van der Waals surface area contributed by atoms with E-state index in [1.54, 1.807) is 0 Å². The van der Waals surface area contributed by atoms with Crippen LogP contribution in [-0.2, 0) is 16.2 Å². The van der Waals surface area contributed by atoms with Crippen LogP contribution in [0.15, 0.2) is 324 Å². The van der Waals surface area contributed by atoms with Crippen molar-refractivity contribution in [3.63, 3.8) is 0 Å². The molecule has 2 aromatic heterocycles. The number of nitrogens with one attached hydrogen (secondary N) is 1. The third-order valence-electron chi connectivity index (χ3n) is 19.3. The molecular formula is C91H77Br2N7. The van der Waals surface area contributed by atoms with Crippen LogP contribution < -0.4 is 15.1 Å². The molecule has 3 aliphatic heterocycles. The van der Waals surface area contributed by atoms with Crippen molar-refractivity contribution in [3.8, 4) is 67.8 Å². The number of benzene rings is 12. The monoisotopic (exact) mass is 1430 g/mol. The van der Waals surface area contributed by atoms with Crippen LogP contribution in [0.2, 0.25) is 0 Å². The summed E-state index contributed by atoms with van der Waals surface area (Å²) in [6.45, 7) is 17.9. The number of aromatic nitrogens is 4. The van der Waals surface area contributed by atoms with Crippen LogP contribution in [0.25, 0.3) is 67.8 Å². The first-order valence-electron chi connectivity index (χ1n) is 34.2. The molecule has 0 saturated heterocycles. The van der Waals surface area contributed by atoms with Crippen LogP contribution in [0.4, 0.5) is 45.5 Å². The average molecular weight is 1430 g/mol. The van der Waals surface area contributed by atoms with Crippen molar-refractivity contribution in [1.29, 1.82) is 0 Å². The van der Waals surface area contributed by atoms with Gasteiger partial charge in [-0.1, -0.05) is 318 Å². The zero-order valence-electron chi connectivity index (χ0n) is 57.5. The first-order valence-corrected chi connectivity index (χ1v) is 35.8. The van der Waals surface area contributed by atoms with Gasteiger partial charge in [-0.25, -0.2) is 19.9 Å². The average Bonchev–Trinajstić information content (AvgIpc) is 0.726. The lowest BCUT2D eigenvalue weighted by atomic mass is 9.73. The predicted octanol–water partition coefficient (Wildman–Crippen LogP) is 25.8. The van der Waals surface area contributed by atoms with E-state index >= 15 is 0 Å². The molecule has 3 aliphatic rings. The summed E-state index contributed by atoms with van der Waals surface area (Å²) < 4.78 is 2.01. The molecule has 0 bridgehead atoms. The van der Waals surface area contributed by atoms with Gasteiger partial charge in [-0.05, 0) is 118 Å². The van der Waals surface area contributed by atoms with Crippen molar-refractivity contribution in [2.45, 2.75) is 71.6 Å². The van der Waals surface area contributed by atoms with Gasteiger partial charge < -0.3 is 15.1 Å². The van der Waals surface area contributed by atoms with Crippen molar-refractivity contribution in [3.05, 3.63) is 358 Å². The molecule has 5 heterocycles. The highest BCUT2D eigenvalue weighted by molar-refractivity contribution is 9.11. The van der Waals surface area contributed by atoms with Crippen LogP contribution in [0.5, 0.6) is 0 Å². The standard InChI is InChI=1S/C52H42N4.C22H14Br2N2.C15H15N.C2H6/c1-51(2)40-23-11-15-27-46(40)55(47-28-16-12-24-41(47)51)38-31-37(45-34-44(35-19-7-5-8-20-35)53-50(54-45)36-21-9-6-10-22-36)32-39(33-38)56-48-29-17-13-25-42(48)52(3,4)43-26-14-18-30-49(43)56;23-18-11-17(12-19(24)13-18)21-14-20(15-7-3-1-4-8-15)25-22(26-21)16-9-5-2-6-10-16;1-15(2)11-7-3-5-9-13(11)16-14-10-6-4-8-12(14)15;1-2/h5-34H,1-4H3;1-14H;3-10,16H,1-2H3;1-2H3. The number of anilines is 8. The quantitative estimate of drug-likeness (QED) is 0.163. The van der Waals surface area contributed by atoms with Crippen LogP contribution in [-0.4, -0.2) is 19.9 Å². The summed E-state index contributed by atoms with van der Waals surface area (Å²) in [6, 6.07) is 111. The normalized spacial score (nSPS) is 13.6. The fourth-order valence-electron chi connectivity index (χ4n) is 14.3. The third kappa shape index (κ3) is 13.0. The molecule has 0 aliphatic carbocycles. The minimum atomic E-state index is -0.178. The first-order chi connectivity index (χ1) is 48.7. The van der Waals surface area contributed by atoms with Crippen molar-refractivity contribution < 1.29 is 0 Å². The van der Waals surface area contributed by atoms with Gasteiger partial charge in [0, 0.05) is 81.3 Å². The van der Waals surface area contributed by atoms with E-state index in [4.69, 9.17) is 19.9 Å². The summed E-state index contributed by atoms with van der Waals surface area (Å²) in [4.78, 5) is 25.0. The Bertz CT molecular complexity index is 4860. The third-order valence-corrected chi connectivity index (χ3v) is 20.2. The minimum Gasteiger partial charge on any atom is -0.355 e. The molecule has 1 N–H and O–H groups in total. The molecule has 7 nitrogen and oxygen atoms in total. The highest BCUT2D eigenvalue weighted by Gasteiger charge is 2.40. The zero-order chi connectivity index (χ0) is 69.1. The Labute approximate surface area is 605 Å². The van der Waals surface area contributed by atoms with Gasteiger partial charge in [0.15, 0.2) is 11.6 Å². The van der Waals surface area contributed by atoms with Crippen molar-refractivity contribution in [2.24, 2.45) is 0 Å². The Morgan fingerprint density at radius 1 is 0.260 bits per heavy atom. The van der Waals surface area contributed by atoms with Gasteiger partial charge >= 0.3 is 0 Å². The minimum absolute atomic E-state index is 0.0818. The SMILES string of the molecule is Brc1cc(Br)cc(-c2cc(-c3ccccc3)nc(-c3ccccc3)n2)c1.CC.CC1(C)c2ccccc2N(c2cc(-c3cc(-c4ccccc4)nc(-c4ccccc4)n3)cc(N3c4ccccc4C(C)(C)c4ccccc43)c2)c2ccccc21.CC1(C)c2ccccc2Nc2ccccc21. The van der Waals surface area contributed by atoms with Crippen molar-refractivity contribution in [2.75, 3.05) is 15.1 Å². The van der Waals surface area contributed by atoms with Crippen molar-refractivity contribution >= 4 is 77.4 Å². The summed E-state index contributed by atoms with van der Waals surface area (Å²) in [5.74, 6) is 1.41. The lowest BCUT2D eigenvalue weighted by Crippen LogP contribution is -2.31. The number of rotatable bonds is 8. The van der Waals surface area contributed by atoms with E-state index in [9.17, 15) is 0 Å². The second-order valence-electron chi connectivity index (χ2n) is 26.6. The van der Waals surface area contributed by atoms with Crippen LogP contribution in [0, 0.1) is 0 Å². The smallest absolute Gasteiger partial charge is 0.160 e. The second kappa shape index (κ2) is 28.2. The molecular weight excluding hydrogens is 1350 g/mol. The summed E-state index contributed by atoms with van der Waals surface area (Å²) >= 11 is 7.13. The summed E-state index contributed by atoms with van der Waals surface area (Å²) in [6.07, 6.45) is 0. The van der Waals surface area contributed by atoms with E-state index in [1.807, 2.05) is 98.8 Å². The molecule has 0 amide bonds. The molecule has 14 aromatic rings. The van der Waals surface area contributed by atoms with Gasteiger partial charge in [0.1, 0.15) is 0 Å². The van der Waals surface area contributed by atoms with Gasteiger partial charge in [0.05, 0.1) is 45.5 Å². The predicted molar refractivity (Wildman–Crippen MR) is 425 cm³/mol. The number of nitrogens with zero attached hydrogens (tertiary/aromatic N) is 6. The molecule has 9 heteroatoms. The Kier molecular flexibility index (Phi) is 18.7. The number of halogens is 2. The van der Waals surface area contributed by atoms with E-state index in [0.717, 1.165) is 82.3 Å². The summed E-state index contributed by atoms with van der Waals surface area (Å²) in [5.41, 5.74) is 26.6. The Morgan fingerprint density at radius 3 is 0.860 bits per heavy atom. The maximum atomic E-state index is 5.35. The second-order valence-corrected chi connectivity index (χ2v) is 28.4. The summed E-state index contributed by atoms with van der Waals surface area (Å²) in [7, 11) is 0. The fraction of sp³-hybridized carbons (Fsp3) is 0.121. The molecule has 490 valence electrons. The molecule has 0 radical (unpaired) electrons. The van der Waals surface area contributed by atoms with Gasteiger partial charge in [-0.15, -0.1) is 0 Å². The molecule has 0 fully saturated rings. The highest BCUT2D eigenvalue weighted by atomic mass is 79.9. The number of hydrogen-bond acceptors (Lipinski definition) is 7. The number of para-hydroxylation sites is 6. The maximum Gasteiger partial charge on any atom is 0.160 e. The first kappa shape index (κ1) is 66.4. The van der Waals surface area contributed by atoms with E-state index < -0.39 is 0 Å². The molecule has 0 spiro atoms. The summed E-state index contributed by atoms with van der Waals surface area (Å²) in [5, 5.41) is 3.50. The topological polar surface area (TPSA) is 70.1 Å². The van der Waals surface area contributed by atoms with Crippen molar-refractivity contribution in [1.82, 2.24) is 19.9 Å². The zero-order valence-corrected chi connectivity index (χ0v) is 60.6. The highest BCUT2D eigenvalue weighted by Crippen LogP contribution is 2.56. The number of fused-ring (bicyclic) bond motifs is 6. The largest absolute Gasteiger partial charge is 0.355 e. The lowest BCUT2D eigenvalue weighted by molar-refractivity contribution is 0.631. The van der Waals surface area contributed by atoms with Gasteiger partial charge in [0.2, 0.25) is 0 Å². The fourth-order valence-corrected chi connectivity index (χ4v) is 15.6. The molecule has 0 unspecified atom stereocenters. The number of hydrogen-bond donors (Lipinski definition) is 1. The Morgan fingerprint density at radius 2 is 0.520 bits per heavy atom. The van der Waals surface area contributed by atoms with Crippen LogP contribution >= 0.6 is 31.9 Å². The Balaban J connectivity index is 0.000000158. The Hall–Kier alpha value is -10.8. The van der Waals surface area contributed by atoms with Crippen LogP contribution in [0.3, 0.4) is 0 Å². The van der Waals surface area contributed by atoms with Crippen LogP contribution in [0.1, 0.15) is 88.8 Å². The van der Waals surface area contributed by atoms with Gasteiger partial charge in [0.25, 0.3) is 0 Å². The molecule has 100 heavy (non-hydrogen) atoms.